The number of ether oxygens (including phenoxy) is 1. The number of unbranched alkanes of at least 4 members (excludes halogenated alkanes) is 1. The Morgan fingerprint density at radius 1 is 1.29 bits per heavy atom. The summed E-state index contributed by atoms with van der Waals surface area (Å²) in [6, 6.07) is 0. The maximum absolute atomic E-state index is 5.33. The number of hydrogen-bond acceptors (Lipinski definition) is 3. The highest BCUT2D eigenvalue weighted by Crippen LogP contribution is 2.16. The lowest BCUT2D eigenvalue weighted by molar-refractivity contribution is 0.135. The van der Waals surface area contributed by atoms with E-state index in [0.29, 0.717) is 13.2 Å². The van der Waals surface area contributed by atoms with Crippen LogP contribution in [0.2, 0.25) is 0 Å². The molecule has 1 fully saturated rings. The summed E-state index contributed by atoms with van der Waals surface area (Å²) in [5.41, 5.74) is 5.33. The molecular weight excluding hydrogens is 176 g/mol. The van der Waals surface area contributed by atoms with E-state index >= 15 is 0 Å². The Bertz CT molecular complexity index is 124. The van der Waals surface area contributed by atoms with Crippen molar-refractivity contribution in [3.05, 3.63) is 0 Å². The first-order valence-corrected chi connectivity index (χ1v) is 5.92. The summed E-state index contributed by atoms with van der Waals surface area (Å²) < 4.78 is 5.33. The molecule has 1 rings (SSSR count). The van der Waals surface area contributed by atoms with Crippen LogP contribution in [-0.2, 0) is 4.74 Å². The Labute approximate surface area is 87.4 Å². The van der Waals surface area contributed by atoms with Gasteiger partial charge in [0.25, 0.3) is 0 Å². The minimum absolute atomic E-state index is 0.645. The zero-order valence-corrected chi connectivity index (χ0v) is 9.13. The van der Waals surface area contributed by atoms with Crippen molar-refractivity contribution in [1.82, 2.24) is 5.32 Å². The quantitative estimate of drug-likeness (QED) is 0.606. The molecule has 1 heterocycles. The molecule has 0 aromatic heterocycles. The molecule has 0 bridgehead atoms. The molecule has 0 amide bonds. The van der Waals surface area contributed by atoms with Gasteiger partial charge in [-0.25, -0.2) is 0 Å². The molecule has 1 aliphatic rings. The van der Waals surface area contributed by atoms with Gasteiger partial charge in [-0.1, -0.05) is 6.42 Å². The normalized spacial score (nSPS) is 22.5. The van der Waals surface area contributed by atoms with Gasteiger partial charge >= 0.3 is 0 Å². The summed E-state index contributed by atoms with van der Waals surface area (Å²) in [6.07, 6.45) is 6.62. The fourth-order valence-electron chi connectivity index (χ4n) is 1.99. The van der Waals surface area contributed by atoms with Crippen molar-refractivity contribution < 1.29 is 4.74 Å². The molecule has 0 spiro atoms. The molecule has 1 aliphatic heterocycles. The Balaban J connectivity index is 1.82. The number of piperidine rings is 1. The smallest absolute Gasteiger partial charge is 0.0588 e. The molecule has 1 saturated heterocycles. The lowest BCUT2D eigenvalue weighted by atomic mass is 9.94. The highest BCUT2D eigenvalue weighted by molar-refractivity contribution is 4.68. The van der Waals surface area contributed by atoms with E-state index in [9.17, 15) is 0 Å². The minimum Gasteiger partial charge on any atom is -0.380 e. The highest BCUT2D eigenvalue weighted by atomic mass is 16.5. The predicted molar refractivity (Wildman–Crippen MR) is 59.3 cm³/mol. The van der Waals surface area contributed by atoms with Crippen molar-refractivity contribution in [3.8, 4) is 0 Å². The number of nitrogens with one attached hydrogen (secondary N) is 1. The molecule has 3 heteroatoms. The fourth-order valence-corrected chi connectivity index (χ4v) is 1.99. The molecular formula is C11H24N2O. The summed E-state index contributed by atoms with van der Waals surface area (Å²) in [6.45, 7) is 4.69. The third kappa shape index (κ3) is 5.58. The van der Waals surface area contributed by atoms with Crippen LogP contribution in [0.1, 0.15) is 32.1 Å². The molecule has 1 unspecified atom stereocenters. The maximum atomic E-state index is 5.33. The standard InChI is InChI=1S/C11H24N2O/c12-6-9-14-8-2-1-4-11-5-3-7-13-10-11/h11,13H,1-10,12H2. The molecule has 3 N–H and O–H groups in total. The first-order valence-electron chi connectivity index (χ1n) is 5.92. The monoisotopic (exact) mass is 200 g/mol. The van der Waals surface area contributed by atoms with E-state index < -0.39 is 0 Å². The van der Waals surface area contributed by atoms with Crippen molar-refractivity contribution >= 4 is 0 Å². The van der Waals surface area contributed by atoms with E-state index in [-0.39, 0.29) is 0 Å². The molecule has 1 atom stereocenters. The first kappa shape index (κ1) is 12.0. The van der Waals surface area contributed by atoms with Gasteiger partial charge in [0.1, 0.15) is 0 Å². The van der Waals surface area contributed by atoms with Gasteiger partial charge in [-0.2, -0.15) is 0 Å². The third-order valence-corrected chi connectivity index (χ3v) is 2.81. The Morgan fingerprint density at radius 3 is 2.93 bits per heavy atom. The van der Waals surface area contributed by atoms with Crippen LogP contribution in [0.15, 0.2) is 0 Å². The van der Waals surface area contributed by atoms with E-state index in [1.165, 1.54) is 45.2 Å². The SMILES string of the molecule is NCCOCCCCC1CCCNC1. The van der Waals surface area contributed by atoms with E-state index in [4.69, 9.17) is 10.5 Å². The summed E-state index contributed by atoms with van der Waals surface area (Å²) in [4.78, 5) is 0. The molecule has 84 valence electrons. The van der Waals surface area contributed by atoms with Crippen LogP contribution < -0.4 is 11.1 Å². The predicted octanol–water partition coefficient (Wildman–Crippen LogP) is 1.13. The van der Waals surface area contributed by atoms with Crippen molar-refractivity contribution in [2.75, 3.05) is 32.8 Å². The van der Waals surface area contributed by atoms with Gasteiger partial charge in [-0.3, -0.25) is 0 Å². The number of hydrogen-bond donors (Lipinski definition) is 2. The molecule has 0 aromatic rings. The van der Waals surface area contributed by atoms with Crippen LogP contribution in [0.3, 0.4) is 0 Å². The van der Waals surface area contributed by atoms with Crippen LogP contribution in [0.25, 0.3) is 0 Å². The number of nitrogens with two attached hydrogens (primary N) is 1. The van der Waals surface area contributed by atoms with Crippen LogP contribution in [-0.4, -0.2) is 32.8 Å². The van der Waals surface area contributed by atoms with Gasteiger partial charge < -0.3 is 15.8 Å². The molecule has 0 radical (unpaired) electrons. The molecule has 0 aliphatic carbocycles. The van der Waals surface area contributed by atoms with Crippen molar-refractivity contribution in [3.63, 3.8) is 0 Å². The molecule has 0 saturated carbocycles. The van der Waals surface area contributed by atoms with Crippen LogP contribution >= 0.6 is 0 Å². The topological polar surface area (TPSA) is 47.3 Å². The minimum atomic E-state index is 0.645. The van der Waals surface area contributed by atoms with Crippen LogP contribution in [0, 0.1) is 5.92 Å². The highest BCUT2D eigenvalue weighted by Gasteiger charge is 2.11. The van der Waals surface area contributed by atoms with Gasteiger partial charge in [-0.15, -0.1) is 0 Å². The molecule has 14 heavy (non-hydrogen) atoms. The lowest BCUT2D eigenvalue weighted by Gasteiger charge is -2.22. The van der Waals surface area contributed by atoms with Gasteiger partial charge in [0, 0.05) is 13.2 Å². The lowest BCUT2D eigenvalue weighted by Crippen LogP contribution is -2.29. The average Bonchev–Trinajstić information content (AvgIpc) is 2.25. The summed E-state index contributed by atoms with van der Waals surface area (Å²) in [5, 5.41) is 3.45. The Kier molecular flexibility index (Phi) is 7.01. The van der Waals surface area contributed by atoms with E-state index in [1.807, 2.05) is 0 Å². The van der Waals surface area contributed by atoms with E-state index in [0.717, 1.165) is 12.5 Å². The van der Waals surface area contributed by atoms with Crippen molar-refractivity contribution in [2.24, 2.45) is 11.7 Å². The Morgan fingerprint density at radius 2 is 2.21 bits per heavy atom. The van der Waals surface area contributed by atoms with Gasteiger partial charge in [0.15, 0.2) is 0 Å². The second-order valence-electron chi connectivity index (χ2n) is 4.11. The van der Waals surface area contributed by atoms with Crippen LogP contribution in [0.5, 0.6) is 0 Å². The summed E-state index contributed by atoms with van der Waals surface area (Å²) >= 11 is 0. The second-order valence-corrected chi connectivity index (χ2v) is 4.11. The van der Waals surface area contributed by atoms with Crippen molar-refractivity contribution in [1.29, 1.82) is 0 Å². The van der Waals surface area contributed by atoms with E-state index in [1.54, 1.807) is 0 Å². The largest absolute Gasteiger partial charge is 0.380 e. The second kappa shape index (κ2) is 8.21. The summed E-state index contributed by atoms with van der Waals surface area (Å²) in [7, 11) is 0. The first-order chi connectivity index (χ1) is 6.93. The summed E-state index contributed by atoms with van der Waals surface area (Å²) in [5.74, 6) is 0.915. The van der Waals surface area contributed by atoms with Crippen LogP contribution in [0.4, 0.5) is 0 Å². The number of rotatable bonds is 7. The molecule has 0 aromatic carbocycles. The van der Waals surface area contributed by atoms with Crippen molar-refractivity contribution in [2.45, 2.75) is 32.1 Å². The third-order valence-electron chi connectivity index (χ3n) is 2.81. The zero-order chi connectivity index (χ0) is 10.1. The zero-order valence-electron chi connectivity index (χ0n) is 9.13. The van der Waals surface area contributed by atoms with Gasteiger partial charge in [0.05, 0.1) is 6.61 Å². The maximum Gasteiger partial charge on any atom is 0.0588 e. The fraction of sp³-hybridized carbons (Fsp3) is 1.00. The van der Waals surface area contributed by atoms with Gasteiger partial charge in [-0.05, 0) is 44.7 Å². The average molecular weight is 200 g/mol. The van der Waals surface area contributed by atoms with E-state index in [2.05, 4.69) is 5.32 Å². The van der Waals surface area contributed by atoms with Gasteiger partial charge in [0.2, 0.25) is 0 Å². The molecule has 3 nitrogen and oxygen atoms in total. The Hall–Kier alpha value is -0.120.